The molecule has 0 aliphatic rings. The zero-order valence-electron chi connectivity index (χ0n) is 25.7. The van der Waals surface area contributed by atoms with Crippen molar-refractivity contribution in [1.29, 1.82) is 0 Å². The lowest BCUT2D eigenvalue weighted by atomic mass is 9.12. The quantitative estimate of drug-likeness (QED) is 0.0611. The van der Waals surface area contributed by atoms with Crippen molar-refractivity contribution in [3.63, 3.8) is 0 Å². The summed E-state index contributed by atoms with van der Waals surface area (Å²) in [6, 6.07) is 0. The average molecular weight is 823 g/mol. The third-order valence-electron chi connectivity index (χ3n) is 7.49. The normalized spacial score (nSPS) is 11.7. The van der Waals surface area contributed by atoms with E-state index < -0.39 is 144 Å². The van der Waals surface area contributed by atoms with Crippen molar-refractivity contribution < 1.29 is 97.4 Å². The molecule has 5 aromatic rings. The van der Waals surface area contributed by atoms with Gasteiger partial charge in [-0.25, -0.2) is 87.8 Å². The van der Waals surface area contributed by atoms with Crippen LogP contribution in [-0.4, -0.2) is 12.2 Å². The van der Waals surface area contributed by atoms with Crippen LogP contribution >= 0.6 is 11.3 Å². The van der Waals surface area contributed by atoms with Crippen LogP contribution < -0.4 is 31.4 Å². The predicted molar refractivity (Wildman–Crippen MR) is 145 cm³/mol. The first kappa shape index (κ1) is 41.7. The monoisotopic (exact) mass is 823 g/mol. The molecule has 0 N–H and O–H groups in total. The van der Waals surface area contributed by atoms with Crippen molar-refractivity contribution in [3.8, 4) is 0 Å². The summed E-state index contributed by atoms with van der Waals surface area (Å²) >= 11 is 1.62. The van der Waals surface area contributed by atoms with Crippen molar-refractivity contribution >= 4 is 39.3 Å². The number of benzene rings is 4. The Morgan fingerprint density at radius 3 is 0.759 bits per heavy atom. The molecule has 2 nitrogen and oxygen atoms in total. The minimum atomic E-state index is -7.22. The summed E-state index contributed by atoms with van der Waals surface area (Å²) in [6.45, 7) is 4.01. The molecule has 4 aromatic carbocycles. The van der Waals surface area contributed by atoms with Gasteiger partial charge in [0.2, 0.25) is 6.20 Å². The van der Waals surface area contributed by atoms with Gasteiger partial charge < -0.3 is 0 Å². The molecule has 0 saturated heterocycles. The minimum Gasteiger partial charge on any atom is -0.268 e. The van der Waals surface area contributed by atoms with E-state index >= 15 is 35.1 Å². The van der Waals surface area contributed by atoms with E-state index in [1.54, 1.807) is 16.1 Å². The fourth-order valence-electron chi connectivity index (χ4n) is 5.40. The van der Waals surface area contributed by atoms with E-state index in [2.05, 4.69) is 0 Å². The van der Waals surface area contributed by atoms with E-state index in [0.29, 0.717) is 0 Å². The summed E-state index contributed by atoms with van der Waals surface area (Å²) in [6.07, 6.45) is -5.07. The molecule has 1 heterocycles. The molecule has 0 atom stereocenters. The predicted octanol–water partition coefficient (Wildman–Crippen LogP) is 6.72. The molecule has 0 aliphatic heterocycles. The molecule has 0 bridgehead atoms. The van der Waals surface area contributed by atoms with Crippen LogP contribution in [0.4, 0.5) is 87.8 Å². The summed E-state index contributed by atoms with van der Waals surface area (Å²) in [5.41, 5.74) is -12.4. The van der Waals surface area contributed by atoms with Crippen LogP contribution in [0.25, 0.3) is 0 Å². The summed E-state index contributed by atoms with van der Waals surface area (Å²) in [5, 5.41) is 1.97. The van der Waals surface area contributed by atoms with Crippen molar-refractivity contribution in [2.75, 3.05) is 0 Å². The zero-order valence-corrected chi connectivity index (χ0v) is 26.5. The molecule has 0 saturated carbocycles. The number of rotatable bonds is 6. The van der Waals surface area contributed by atoms with E-state index in [1.165, 1.54) is 0 Å². The molecule has 290 valence electrons. The summed E-state index contributed by atoms with van der Waals surface area (Å²) < 4.78 is 296. The van der Waals surface area contributed by atoms with Gasteiger partial charge in [0.25, 0.3) is 5.51 Å². The van der Waals surface area contributed by atoms with Gasteiger partial charge in [-0.2, -0.15) is 0 Å². The average Bonchev–Trinajstić information content (AvgIpc) is 3.64. The smallest absolute Gasteiger partial charge is 0.268 e. The highest BCUT2D eigenvalue weighted by molar-refractivity contribution is 7.20. The highest BCUT2D eigenvalue weighted by atomic mass is 32.1. The van der Waals surface area contributed by atoms with Crippen LogP contribution in [0.1, 0.15) is 13.8 Å². The third kappa shape index (κ3) is 6.26. The fraction of sp³-hybridized carbons (Fsp3) is 0.100. The van der Waals surface area contributed by atoms with Crippen molar-refractivity contribution in [2.24, 2.45) is 0 Å². The van der Waals surface area contributed by atoms with Gasteiger partial charge in [-0.3, -0.25) is 4.84 Å². The summed E-state index contributed by atoms with van der Waals surface area (Å²) in [7, 11) is 0. The number of hydrogen-bond acceptors (Lipinski definition) is 2. The Kier molecular flexibility index (Phi) is 11.6. The van der Waals surface area contributed by atoms with Gasteiger partial charge in [-0.05, 0) is 13.8 Å². The lowest BCUT2D eigenvalue weighted by Crippen LogP contribution is -2.81. The van der Waals surface area contributed by atoms with Crippen LogP contribution in [0, 0.1) is 116 Å². The third-order valence-corrected chi connectivity index (χ3v) is 8.10. The highest BCUT2D eigenvalue weighted by Crippen LogP contribution is 2.30. The van der Waals surface area contributed by atoms with Crippen LogP contribution in [-0.2, 0) is 0 Å². The second-order valence-corrected chi connectivity index (χ2v) is 11.6. The molecule has 0 amide bonds. The zero-order chi connectivity index (χ0) is 41.0. The molecular weight excluding hydrogens is 813 g/mol. The molecule has 54 heavy (non-hydrogen) atoms. The Morgan fingerprint density at radius 1 is 0.389 bits per heavy atom. The first-order valence-electron chi connectivity index (χ1n) is 13.8. The maximum absolute atomic E-state index is 15.4. The Balaban J connectivity index is 0.000000631. The summed E-state index contributed by atoms with van der Waals surface area (Å²) in [4.78, 5) is 5.28. The van der Waals surface area contributed by atoms with Crippen LogP contribution in [0.2, 0.25) is 0 Å². The minimum absolute atomic E-state index is 0.254. The van der Waals surface area contributed by atoms with E-state index in [0.717, 1.165) is 0 Å². The molecule has 5 rings (SSSR count). The van der Waals surface area contributed by atoms with E-state index in [1.807, 2.05) is 30.9 Å². The molecule has 24 heteroatoms. The SMILES string of the molecule is CC(C)O[n+]1ccsc1.Fc1c(F)c(F)c([B-](c2c(F)c(F)c(F)c(F)c2F)(c2c(F)c(F)c(F)c(F)c2F)c2c(F)c(F)c(F)c(F)c2F)c(F)c1F. The molecule has 0 spiro atoms. The van der Waals surface area contributed by atoms with E-state index in [9.17, 15) is 52.7 Å². The van der Waals surface area contributed by atoms with E-state index in [-0.39, 0.29) is 6.10 Å². The van der Waals surface area contributed by atoms with Crippen molar-refractivity contribution in [1.82, 2.24) is 0 Å². The van der Waals surface area contributed by atoms with Crippen molar-refractivity contribution in [3.05, 3.63) is 133 Å². The van der Waals surface area contributed by atoms with Crippen molar-refractivity contribution in [2.45, 2.75) is 20.0 Å². The fourth-order valence-corrected chi connectivity index (χ4v) is 5.90. The van der Waals surface area contributed by atoms with Gasteiger partial charge in [0.1, 0.15) is 52.7 Å². The van der Waals surface area contributed by atoms with Crippen LogP contribution in [0.3, 0.4) is 0 Å². The number of hydrogen-bond donors (Lipinski definition) is 0. The second-order valence-electron chi connectivity index (χ2n) is 10.8. The Hall–Kier alpha value is -5.03. The Morgan fingerprint density at radius 2 is 0.593 bits per heavy atom. The van der Waals surface area contributed by atoms with E-state index in [4.69, 9.17) is 4.84 Å². The van der Waals surface area contributed by atoms with Crippen LogP contribution in [0.15, 0.2) is 17.1 Å². The van der Waals surface area contributed by atoms with Gasteiger partial charge in [-0.1, -0.05) is 11.3 Å². The highest BCUT2D eigenvalue weighted by Gasteiger charge is 2.52. The topological polar surface area (TPSA) is 13.1 Å². The molecule has 0 aliphatic carbocycles. The molecule has 0 unspecified atom stereocenters. The van der Waals surface area contributed by atoms with Gasteiger partial charge >= 0.3 is 0 Å². The standard InChI is InChI=1S/C24BF20.C6H10NOS/c26-5-1(6(27)14(35)21(42)13(5)34)25(2-7(28)15(36)22(43)16(37)8(2)29,3-9(30)17(38)23(44)18(39)10(3)31)4-11(32)19(40)24(45)20(41)12(4)33;1-6(2)8-7-3-4-9-5-7/h;3-6H,1-2H3/q-1;+1. The number of nitrogens with zero attached hydrogens (tertiary/aromatic N) is 1. The van der Waals surface area contributed by atoms with Gasteiger partial charge in [0.05, 0.1) is 5.38 Å². The molecule has 0 radical (unpaired) electrons. The Labute approximate surface area is 290 Å². The van der Waals surface area contributed by atoms with Gasteiger partial charge in [0, 0.05) is 4.73 Å². The maximum Gasteiger partial charge on any atom is 0.276 e. The molecular formula is C30H10BF20NOS. The van der Waals surface area contributed by atoms with Gasteiger partial charge in [0.15, 0.2) is 75.9 Å². The lowest BCUT2D eigenvalue weighted by Gasteiger charge is -2.44. The van der Waals surface area contributed by atoms with Crippen LogP contribution in [0.5, 0.6) is 0 Å². The molecule has 0 fully saturated rings. The summed E-state index contributed by atoms with van der Waals surface area (Å²) in [5.74, 6) is -71.4. The number of halogens is 20. The first-order valence-corrected chi connectivity index (χ1v) is 14.8. The first-order chi connectivity index (χ1) is 25.0. The molecule has 1 aromatic heterocycles. The number of aromatic nitrogens is 1. The largest absolute Gasteiger partial charge is 0.276 e. The lowest BCUT2D eigenvalue weighted by molar-refractivity contribution is -0.894. The Bertz CT molecular complexity index is 1920. The number of thiazole rings is 1. The maximum atomic E-state index is 15.4. The second kappa shape index (κ2) is 15.0. The van der Waals surface area contributed by atoms with Gasteiger partial charge in [-0.15, -0.1) is 21.9 Å².